The standard InChI is InChI=1S/C10H12IN3OS/c1-2-12-10(16)14-13-9(15)7-5-3-4-6-8(7)11/h3-6H,2H2,1H3,(H,13,15)(H2,12,14,16). The Morgan fingerprint density at radius 3 is 2.69 bits per heavy atom. The van der Waals surface area contributed by atoms with Gasteiger partial charge in [0.1, 0.15) is 0 Å². The van der Waals surface area contributed by atoms with Gasteiger partial charge in [0.2, 0.25) is 0 Å². The van der Waals surface area contributed by atoms with Gasteiger partial charge in [0.25, 0.3) is 5.91 Å². The number of hydrazine groups is 1. The fourth-order valence-electron chi connectivity index (χ4n) is 1.03. The third kappa shape index (κ3) is 3.93. The van der Waals surface area contributed by atoms with Crippen molar-refractivity contribution in [3.8, 4) is 0 Å². The van der Waals surface area contributed by atoms with Crippen LogP contribution in [0.2, 0.25) is 0 Å². The molecule has 0 saturated carbocycles. The van der Waals surface area contributed by atoms with E-state index in [2.05, 4.69) is 38.8 Å². The van der Waals surface area contributed by atoms with E-state index >= 15 is 0 Å². The predicted octanol–water partition coefficient (Wildman–Crippen LogP) is 1.42. The molecular formula is C10H12IN3OS. The highest BCUT2D eigenvalue weighted by Crippen LogP contribution is 2.10. The van der Waals surface area contributed by atoms with Gasteiger partial charge in [0.05, 0.1) is 5.56 Å². The van der Waals surface area contributed by atoms with Crippen molar-refractivity contribution in [2.45, 2.75) is 6.92 Å². The van der Waals surface area contributed by atoms with E-state index in [0.29, 0.717) is 17.2 Å². The number of carbonyl (C=O) groups excluding carboxylic acids is 1. The molecule has 0 radical (unpaired) electrons. The minimum atomic E-state index is -0.203. The monoisotopic (exact) mass is 349 g/mol. The molecule has 6 heteroatoms. The van der Waals surface area contributed by atoms with Crippen LogP contribution < -0.4 is 16.2 Å². The van der Waals surface area contributed by atoms with Crippen LogP contribution in [0.3, 0.4) is 0 Å². The fourth-order valence-corrected chi connectivity index (χ4v) is 1.86. The second kappa shape index (κ2) is 6.64. The van der Waals surface area contributed by atoms with Crippen molar-refractivity contribution in [2.75, 3.05) is 6.54 Å². The Morgan fingerprint density at radius 2 is 2.06 bits per heavy atom. The molecular weight excluding hydrogens is 337 g/mol. The van der Waals surface area contributed by atoms with Gasteiger partial charge in [-0.1, -0.05) is 12.1 Å². The molecule has 0 aliphatic carbocycles. The number of thiocarbonyl (C=S) groups is 1. The van der Waals surface area contributed by atoms with Crippen molar-refractivity contribution in [3.05, 3.63) is 33.4 Å². The van der Waals surface area contributed by atoms with Crippen LogP contribution in [-0.4, -0.2) is 17.6 Å². The first kappa shape index (κ1) is 13.2. The highest BCUT2D eigenvalue weighted by atomic mass is 127. The van der Waals surface area contributed by atoms with Crippen LogP contribution >= 0.6 is 34.8 Å². The number of benzene rings is 1. The van der Waals surface area contributed by atoms with Crippen molar-refractivity contribution in [3.63, 3.8) is 0 Å². The molecule has 0 spiro atoms. The van der Waals surface area contributed by atoms with Gasteiger partial charge in [0, 0.05) is 10.1 Å². The van der Waals surface area contributed by atoms with Crippen molar-refractivity contribution in [1.82, 2.24) is 16.2 Å². The van der Waals surface area contributed by atoms with Crippen molar-refractivity contribution in [2.24, 2.45) is 0 Å². The molecule has 3 N–H and O–H groups in total. The van der Waals surface area contributed by atoms with Crippen LogP contribution in [0, 0.1) is 3.57 Å². The van der Waals surface area contributed by atoms with E-state index in [0.717, 1.165) is 3.57 Å². The van der Waals surface area contributed by atoms with Crippen molar-refractivity contribution in [1.29, 1.82) is 0 Å². The Kier molecular flexibility index (Phi) is 5.47. The number of nitrogens with one attached hydrogen (secondary N) is 3. The summed E-state index contributed by atoms with van der Waals surface area (Å²) < 4.78 is 0.897. The number of amides is 1. The minimum Gasteiger partial charge on any atom is -0.362 e. The molecule has 86 valence electrons. The van der Waals surface area contributed by atoms with Crippen molar-refractivity contribution < 1.29 is 4.79 Å². The molecule has 0 aliphatic heterocycles. The van der Waals surface area contributed by atoms with Crippen LogP contribution in [0.15, 0.2) is 24.3 Å². The van der Waals surface area contributed by atoms with Gasteiger partial charge in [0.15, 0.2) is 5.11 Å². The molecule has 16 heavy (non-hydrogen) atoms. The molecule has 0 aromatic heterocycles. The molecule has 0 fully saturated rings. The lowest BCUT2D eigenvalue weighted by atomic mass is 10.2. The van der Waals surface area contributed by atoms with Crippen LogP contribution in [0.5, 0.6) is 0 Å². The third-order valence-electron chi connectivity index (χ3n) is 1.75. The normalized spacial score (nSPS) is 9.38. The van der Waals surface area contributed by atoms with E-state index in [-0.39, 0.29) is 5.91 Å². The maximum atomic E-state index is 11.7. The first-order chi connectivity index (χ1) is 7.65. The van der Waals surface area contributed by atoms with E-state index in [4.69, 9.17) is 12.2 Å². The summed E-state index contributed by atoms with van der Waals surface area (Å²) in [6.45, 7) is 2.64. The number of hydrogen-bond acceptors (Lipinski definition) is 2. The zero-order chi connectivity index (χ0) is 12.0. The van der Waals surface area contributed by atoms with Gasteiger partial charge in [-0.05, 0) is 53.9 Å². The molecule has 0 saturated heterocycles. The highest BCUT2D eigenvalue weighted by molar-refractivity contribution is 14.1. The molecule has 1 aromatic rings. The first-order valence-electron chi connectivity index (χ1n) is 4.74. The molecule has 0 bridgehead atoms. The topological polar surface area (TPSA) is 53.2 Å². The van der Waals surface area contributed by atoms with Crippen molar-refractivity contribution >= 4 is 45.8 Å². The minimum absolute atomic E-state index is 0.203. The summed E-state index contributed by atoms with van der Waals surface area (Å²) in [5, 5.41) is 3.28. The Bertz CT molecular complexity index is 397. The summed E-state index contributed by atoms with van der Waals surface area (Å²) in [5.41, 5.74) is 5.77. The summed E-state index contributed by atoms with van der Waals surface area (Å²) in [7, 11) is 0. The quantitative estimate of drug-likeness (QED) is 0.430. The zero-order valence-electron chi connectivity index (χ0n) is 8.71. The van der Waals surface area contributed by atoms with E-state index in [1.807, 2.05) is 25.1 Å². The van der Waals surface area contributed by atoms with Crippen LogP contribution in [-0.2, 0) is 0 Å². The average Bonchev–Trinajstić information content (AvgIpc) is 2.27. The lowest BCUT2D eigenvalue weighted by molar-refractivity contribution is 0.0943. The summed E-state index contributed by atoms with van der Waals surface area (Å²) in [6.07, 6.45) is 0. The number of hydrogen-bond donors (Lipinski definition) is 3. The molecule has 0 heterocycles. The molecule has 0 aliphatic rings. The highest BCUT2D eigenvalue weighted by Gasteiger charge is 2.08. The maximum Gasteiger partial charge on any atom is 0.270 e. The Labute approximate surface area is 113 Å². The Hall–Kier alpha value is -0.890. The van der Waals surface area contributed by atoms with E-state index in [9.17, 15) is 4.79 Å². The van der Waals surface area contributed by atoms with Gasteiger partial charge in [-0.25, -0.2) is 0 Å². The first-order valence-corrected chi connectivity index (χ1v) is 6.22. The average molecular weight is 349 g/mol. The fraction of sp³-hybridized carbons (Fsp3) is 0.200. The smallest absolute Gasteiger partial charge is 0.270 e. The summed E-state index contributed by atoms with van der Waals surface area (Å²) in [4.78, 5) is 11.7. The summed E-state index contributed by atoms with van der Waals surface area (Å²) in [6, 6.07) is 7.34. The Morgan fingerprint density at radius 1 is 1.38 bits per heavy atom. The van der Waals surface area contributed by atoms with Gasteiger partial charge >= 0.3 is 0 Å². The number of rotatable bonds is 2. The predicted molar refractivity (Wildman–Crippen MR) is 76.0 cm³/mol. The lowest BCUT2D eigenvalue weighted by Crippen LogP contribution is -2.46. The molecule has 1 rings (SSSR count). The second-order valence-corrected chi connectivity index (χ2v) is 4.49. The van der Waals surface area contributed by atoms with Crippen LogP contribution in [0.1, 0.15) is 17.3 Å². The van der Waals surface area contributed by atoms with E-state index in [1.54, 1.807) is 6.07 Å². The molecule has 1 aromatic carbocycles. The Balaban J connectivity index is 2.54. The van der Waals surface area contributed by atoms with E-state index < -0.39 is 0 Å². The van der Waals surface area contributed by atoms with Gasteiger partial charge in [-0.2, -0.15) is 0 Å². The third-order valence-corrected chi connectivity index (χ3v) is 2.93. The van der Waals surface area contributed by atoms with E-state index in [1.165, 1.54) is 0 Å². The molecule has 4 nitrogen and oxygen atoms in total. The zero-order valence-corrected chi connectivity index (χ0v) is 11.7. The molecule has 0 atom stereocenters. The molecule has 0 unspecified atom stereocenters. The largest absolute Gasteiger partial charge is 0.362 e. The van der Waals surface area contributed by atoms with Gasteiger partial charge in [-0.3, -0.25) is 15.6 Å². The second-order valence-electron chi connectivity index (χ2n) is 2.92. The number of halogens is 1. The summed E-state index contributed by atoms with van der Waals surface area (Å²) in [5.74, 6) is -0.203. The van der Waals surface area contributed by atoms with Gasteiger partial charge < -0.3 is 5.32 Å². The van der Waals surface area contributed by atoms with Crippen LogP contribution in [0.25, 0.3) is 0 Å². The summed E-state index contributed by atoms with van der Waals surface area (Å²) >= 11 is 7.03. The maximum absolute atomic E-state index is 11.7. The molecule has 1 amide bonds. The number of carbonyl (C=O) groups is 1. The SMILES string of the molecule is CCNC(=S)NNC(=O)c1ccccc1I. The lowest BCUT2D eigenvalue weighted by Gasteiger charge is -2.10. The van der Waals surface area contributed by atoms with Gasteiger partial charge in [-0.15, -0.1) is 0 Å². The van der Waals surface area contributed by atoms with Crippen LogP contribution in [0.4, 0.5) is 0 Å².